The van der Waals surface area contributed by atoms with Crippen molar-refractivity contribution in [3.05, 3.63) is 87.6 Å². The zero-order chi connectivity index (χ0) is 23.8. The molecule has 33 heavy (non-hydrogen) atoms. The Morgan fingerprint density at radius 1 is 0.879 bits per heavy atom. The molecule has 0 saturated carbocycles. The van der Waals surface area contributed by atoms with Crippen LogP contribution in [0.4, 0.5) is 17.2 Å². The first-order valence-electron chi connectivity index (χ1n) is 9.22. The van der Waals surface area contributed by atoms with Crippen LogP contribution in [0.25, 0.3) is 0 Å². The van der Waals surface area contributed by atoms with Gasteiger partial charge in [0.2, 0.25) is 0 Å². The van der Waals surface area contributed by atoms with Crippen molar-refractivity contribution in [3.63, 3.8) is 0 Å². The van der Waals surface area contributed by atoms with Gasteiger partial charge in [0.25, 0.3) is 21.8 Å². The smallest absolute Gasteiger partial charge is 0.283 e. The van der Waals surface area contributed by atoms with E-state index in [0.717, 1.165) is 4.90 Å². The molecule has 0 fully saturated rings. The average molecular weight is 524 g/mol. The van der Waals surface area contributed by atoms with Crippen LogP contribution in [0.5, 0.6) is 0 Å². The van der Waals surface area contributed by atoms with E-state index in [1.807, 2.05) is 0 Å². The number of halogens is 3. The number of hydrogen-bond donors (Lipinski definition) is 2. The maximum atomic E-state index is 12.9. The molecule has 4 rings (SSSR count). The Morgan fingerprint density at radius 3 is 2.27 bits per heavy atom. The Kier molecular flexibility index (Phi) is 6.31. The Hall–Kier alpha value is -3.11. The predicted octanol–water partition coefficient (Wildman–Crippen LogP) is 4.62. The van der Waals surface area contributed by atoms with Crippen LogP contribution in [0.2, 0.25) is 10.0 Å². The largest absolute Gasteiger partial charge is 0.350 e. The SMILES string of the molecule is O=C1C(Cl)=C(Nc2ccc(S(=O)(=O)Nc3ccccn3)cc2)C(=O)N1c1cc(Cl)ccc1Cl. The highest BCUT2D eigenvalue weighted by atomic mass is 35.5. The molecular formula is C21H13Cl3N4O4S. The van der Waals surface area contributed by atoms with E-state index in [1.54, 1.807) is 12.1 Å². The Bertz CT molecular complexity index is 1390. The molecule has 1 aliphatic heterocycles. The highest BCUT2D eigenvalue weighted by Crippen LogP contribution is 2.35. The lowest BCUT2D eigenvalue weighted by molar-refractivity contribution is -0.120. The first kappa shape index (κ1) is 23.1. The van der Waals surface area contributed by atoms with Crippen molar-refractivity contribution < 1.29 is 18.0 Å². The number of carbonyl (C=O) groups is 2. The van der Waals surface area contributed by atoms with Crippen LogP contribution >= 0.6 is 34.8 Å². The van der Waals surface area contributed by atoms with Gasteiger partial charge in [-0.1, -0.05) is 40.9 Å². The average Bonchev–Trinajstić information content (AvgIpc) is 2.99. The van der Waals surface area contributed by atoms with Gasteiger partial charge >= 0.3 is 0 Å². The van der Waals surface area contributed by atoms with Gasteiger partial charge < -0.3 is 5.32 Å². The van der Waals surface area contributed by atoms with Crippen molar-refractivity contribution in [2.75, 3.05) is 14.9 Å². The van der Waals surface area contributed by atoms with Gasteiger partial charge in [-0.2, -0.15) is 0 Å². The second kappa shape index (κ2) is 9.03. The van der Waals surface area contributed by atoms with Crippen molar-refractivity contribution in [2.24, 2.45) is 0 Å². The third-order valence-corrected chi connectivity index (χ3v) is 6.79. The minimum absolute atomic E-state index is 0.0278. The fourth-order valence-corrected chi connectivity index (χ4v) is 4.56. The van der Waals surface area contributed by atoms with Gasteiger partial charge in [0.15, 0.2) is 0 Å². The van der Waals surface area contributed by atoms with Crippen molar-refractivity contribution in [1.82, 2.24) is 4.98 Å². The highest BCUT2D eigenvalue weighted by molar-refractivity contribution is 7.92. The van der Waals surface area contributed by atoms with Gasteiger partial charge in [0, 0.05) is 16.9 Å². The number of amides is 2. The van der Waals surface area contributed by atoms with E-state index in [2.05, 4.69) is 15.0 Å². The molecule has 168 valence electrons. The maximum absolute atomic E-state index is 12.9. The van der Waals surface area contributed by atoms with Gasteiger partial charge in [-0.25, -0.2) is 18.3 Å². The van der Waals surface area contributed by atoms with Gasteiger partial charge in [-0.05, 0) is 54.6 Å². The summed E-state index contributed by atoms with van der Waals surface area (Å²) in [5, 5.41) is 2.84. The maximum Gasteiger partial charge on any atom is 0.283 e. The van der Waals surface area contributed by atoms with Crippen molar-refractivity contribution in [3.8, 4) is 0 Å². The number of hydrogen-bond acceptors (Lipinski definition) is 6. The third kappa shape index (κ3) is 4.67. The number of nitrogens with one attached hydrogen (secondary N) is 2. The summed E-state index contributed by atoms with van der Waals surface area (Å²) in [5.41, 5.74) is 0.246. The molecule has 0 spiro atoms. The van der Waals surface area contributed by atoms with Crippen LogP contribution < -0.4 is 14.9 Å². The summed E-state index contributed by atoms with van der Waals surface area (Å²) >= 11 is 18.2. The number of anilines is 3. The molecule has 2 N–H and O–H groups in total. The summed E-state index contributed by atoms with van der Waals surface area (Å²) in [6.07, 6.45) is 1.46. The minimum atomic E-state index is -3.88. The fraction of sp³-hybridized carbons (Fsp3) is 0. The number of carbonyl (C=O) groups excluding carboxylic acids is 2. The fourth-order valence-electron chi connectivity index (χ4n) is 2.97. The molecule has 0 radical (unpaired) electrons. The van der Waals surface area contributed by atoms with Gasteiger partial charge in [-0.3, -0.25) is 14.3 Å². The van der Waals surface area contributed by atoms with Crippen LogP contribution in [0.15, 0.2) is 82.5 Å². The lowest BCUT2D eigenvalue weighted by Crippen LogP contribution is -2.32. The van der Waals surface area contributed by atoms with E-state index in [-0.39, 0.29) is 37.2 Å². The minimum Gasteiger partial charge on any atom is -0.350 e. The number of benzene rings is 2. The quantitative estimate of drug-likeness (QED) is 0.456. The van der Waals surface area contributed by atoms with E-state index in [0.29, 0.717) is 5.69 Å². The summed E-state index contributed by atoms with van der Waals surface area (Å²) in [4.78, 5) is 30.2. The van der Waals surface area contributed by atoms with E-state index in [9.17, 15) is 18.0 Å². The molecule has 3 aromatic rings. The molecule has 0 unspecified atom stereocenters. The molecule has 2 aromatic carbocycles. The van der Waals surface area contributed by atoms with Gasteiger partial charge in [0.05, 0.1) is 15.6 Å². The molecule has 0 atom stereocenters. The summed E-state index contributed by atoms with van der Waals surface area (Å²) in [6, 6.07) is 14.7. The normalized spacial score (nSPS) is 14.1. The first-order chi connectivity index (χ1) is 15.7. The number of pyridine rings is 1. The Balaban J connectivity index is 1.55. The zero-order valence-corrected chi connectivity index (χ0v) is 19.5. The summed E-state index contributed by atoms with van der Waals surface area (Å²) < 4.78 is 27.4. The number of rotatable bonds is 6. The Morgan fingerprint density at radius 2 is 1.61 bits per heavy atom. The van der Waals surface area contributed by atoms with Crippen LogP contribution in [0, 0.1) is 0 Å². The highest BCUT2D eigenvalue weighted by Gasteiger charge is 2.40. The lowest BCUT2D eigenvalue weighted by atomic mass is 10.3. The topological polar surface area (TPSA) is 108 Å². The molecule has 12 heteroatoms. The number of sulfonamides is 1. The molecule has 0 bridgehead atoms. The number of imide groups is 1. The van der Waals surface area contributed by atoms with Gasteiger partial charge in [-0.15, -0.1) is 0 Å². The molecule has 0 aliphatic carbocycles. The van der Waals surface area contributed by atoms with Gasteiger partial charge in [0.1, 0.15) is 16.5 Å². The van der Waals surface area contributed by atoms with E-state index in [1.165, 1.54) is 54.7 Å². The van der Waals surface area contributed by atoms with E-state index < -0.39 is 21.8 Å². The van der Waals surface area contributed by atoms with Crippen molar-refractivity contribution in [1.29, 1.82) is 0 Å². The lowest BCUT2D eigenvalue weighted by Gasteiger charge is -2.17. The second-order valence-electron chi connectivity index (χ2n) is 6.70. The molecule has 2 heterocycles. The predicted molar refractivity (Wildman–Crippen MR) is 127 cm³/mol. The third-order valence-electron chi connectivity index (χ3n) is 4.51. The summed E-state index contributed by atoms with van der Waals surface area (Å²) in [5.74, 6) is -1.33. The zero-order valence-electron chi connectivity index (χ0n) is 16.4. The van der Waals surface area contributed by atoms with Crippen molar-refractivity contribution in [2.45, 2.75) is 4.90 Å². The van der Waals surface area contributed by atoms with Crippen LogP contribution in [-0.4, -0.2) is 25.2 Å². The molecule has 8 nitrogen and oxygen atoms in total. The van der Waals surface area contributed by atoms with E-state index >= 15 is 0 Å². The monoisotopic (exact) mass is 522 g/mol. The molecule has 0 saturated heterocycles. The van der Waals surface area contributed by atoms with E-state index in [4.69, 9.17) is 34.8 Å². The van der Waals surface area contributed by atoms with Crippen LogP contribution in [0.3, 0.4) is 0 Å². The standard InChI is InChI=1S/C21H13Cl3N4O4S/c22-12-4-9-15(23)16(11-12)28-20(29)18(24)19(21(28)30)26-13-5-7-14(8-6-13)33(31,32)27-17-3-1-2-10-25-17/h1-11,26H,(H,25,27). The molecular weight excluding hydrogens is 511 g/mol. The molecule has 2 amide bonds. The van der Waals surface area contributed by atoms with Crippen molar-refractivity contribution >= 4 is 73.8 Å². The first-order valence-corrected chi connectivity index (χ1v) is 11.8. The number of aromatic nitrogens is 1. The Labute approximate surface area is 203 Å². The van der Waals surface area contributed by atoms with Crippen LogP contribution in [-0.2, 0) is 19.6 Å². The van der Waals surface area contributed by atoms with Crippen LogP contribution in [0.1, 0.15) is 0 Å². The number of nitrogens with zero attached hydrogens (tertiary/aromatic N) is 2. The second-order valence-corrected chi connectivity index (χ2v) is 9.60. The molecule has 1 aromatic heterocycles. The summed E-state index contributed by atoms with van der Waals surface area (Å²) in [7, 11) is -3.88. The summed E-state index contributed by atoms with van der Waals surface area (Å²) in [6.45, 7) is 0. The molecule has 1 aliphatic rings.